The van der Waals surface area contributed by atoms with Crippen molar-refractivity contribution < 1.29 is 17.9 Å². The van der Waals surface area contributed by atoms with Crippen LogP contribution in [0.3, 0.4) is 0 Å². The van der Waals surface area contributed by atoms with Crippen LogP contribution in [0.1, 0.15) is 0 Å². The quantitative estimate of drug-likeness (QED) is 0.878. The van der Waals surface area contributed by atoms with Gasteiger partial charge in [0, 0.05) is 0 Å². The first-order valence-electron chi connectivity index (χ1n) is 5.38. The fourth-order valence-electron chi connectivity index (χ4n) is 1.46. The van der Waals surface area contributed by atoms with Crippen LogP contribution in [0.15, 0.2) is 41.0 Å². The highest BCUT2D eigenvalue weighted by atomic mass is 79.9. The number of aromatic nitrogens is 1. The average molecular weight is 348 g/mol. The van der Waals surface area contributed by atoms with Crippen molar-refractivity contribution in [2.45, 2.75) is 6.36 Å². The number of nitrogens with two attached hydrogens (primary N) is 1. The molecule has 0 saturated heterocycles. The van der Waals surface area contributed by atoms with E-state index in [0.717, 1.165) is 0 Å². The minimum atomic E-state index is -4.76. The van der Waals surface area contributed by atoms with Crippen LogP contribution in [-0.2, 0) is 0 Å². The monoisotopic (exact) mass is 347 g/mol. The van der Waals surface area contributed by atoms with Gasteiger partial charge in [-0.1, -0.05) is 12.1 Å². The molecule has 0 saturated carbocycles. The number of ether oxygens (including phenoxy) is 1. The fourth-order valence-corrected chi connectivity index (χ4v) is 1.92. The molecule has 2 aromatic rings. The van der Waals surface area contributed by atoms with E-state index in [1.165, 1.54) is 24.4 Å². The second-order valence-electron chi connectivity index (χ2n) is 3.77. The summed E-state index contributed by atoms with van der Waals surface area (Å²) in [5.74, 6) is -0.0112. The summed E-state index contributed by atoms with van der Waals surface area (Å²) in [5.41, 5.74) is 6.11. The molecule has 0 aliphatic carbocycles. The maximum Gasteiger partial charge on any atom is 0.573 e. The third-order valence-corrected chi connectivity index (χ3v) is 2.83. The molecule has 1 heterocycles. The summed E-state index contributed by atoms with van der Waals surface area (Å²) in [6, 6.07) is 7.27. The van der Waals surface area contributed by atoms with Crippen molar-refractivity contribution in [2.24, 2.45) is 0 Å². The van der Waals surface area contributed by atoms with Gasteiger partial charge in [0.15, 0.2) is 5.75 Å². The van der Waals surface area contributed by atoms with E-state index in [2.05, 4.69) is 31.0 Å². The molecular formula is C12H9BrF3N3O. The molecule has 0 aliphatic heterocycles. The predicted octanol–water partition coefficient (Wildman–Crippen LogP) is 4.07. The summed E-state index contributed by atoms with van der Waals surface area (Å²) >= 11 is 3.22. The first-order chi connectivity index (χ1) is 9.35. The lowest BCUT2D eigenvalue weighted by Crippen LogP contribution is -2.17. The third-order valence-electron chi connectivity index (χ3n) is 2.23. The minimum Gasteiger partial charge on any atom is -0.404 e. The summed E-state index contributed by atoms with van der Waals surface area (Å²) in [6.07, 6.45) is -3.37. The Labute approximate surface area is 120 Å². The molecule has 0 amide bonds. The van der Waals surface area contributed by atoms with Crippen molar-refractivity contribution >= 4 is 33.1 Å². The smallest absolute Gasteiger partial charge is 0.404 e. The number of nitrogens with one attached hydrogen (secondary N) is 1. The van der Waals surface area contributed by atoms with Gasteiger partial charge >= 0.3 is 6.36 Å². The molecule has 20 heavy (non-hydrogen) atoms. The Bertz CT molecular complexity index is 619. The lowest BCUT2D eigenvalue weighted by Gasteiger charge is -2.14. The molecule has 1 aromatic carbocycles. The number of hydrogen-bond acceptors (Lipinski definition) is 4. The molecular weight excluding hydrogens is 339 g/mol. The predicted molar refractivity (Wildman–Crippen MR) is 72.8 cm³/mol. The lowest BCUT2D eigenvalue weighted by atomic mass is 10.3. The zero-order valence-corrected chi connectivity index (χ0v) is 11.5. The second-order valence-corrected chi connectivity index (χ2v) is 4.62. The van der Waals surface area contributed by atoms with E-state index in [9.17, 15) is 13.2 Å². The lowest BCUT2D eigenvalue weighted by molar-refractivity contribution is -0.274. The summed E-state index contributed by atoms with van der Waals surface area (Å²) in [7, 11) is 0. The third kappa shape index (κ3) is 3.77. The molecule has 0 radical (unpaired) electrons. The Morgan fingerprint density at radius 2 is 1.95 bits per heavy atom. The fraction of sp³-hybridized carbons (Fsp3) is 0.0833. The summed E-state index contributed by atoms with van der Waals surface area (Å²) in [4.78, 5) is 3.99. The van der Waals surface area contributed by atoms with Crippen molar-refractivity contribution in [3.8, 4) is 5.75 Å². The first kappa shape index (κ1) is 14.4. The van der Waals surface area contributed by atoms with Crippen LogP contribution >= 0.6 is 15.9 Å². The number of rotatable bonds is 3. The standard InChI is InChI=1S/C12H9BrF3N3O/c13-8-5-7(17)6-18-11(8)19-9-3-1-2-4-10(9)20-12(14,15)16/h1-6H,17H2,(H,18,19). The molecule has 106 valence electrons. The van der Waals surface area contributed by atoms with Crippen molar-refractivity contribution in [3.63, 3.8) is 0 Å². The van der Waals surface area contributed by atoms with Gasteiger partial charge in [-0.25, -0.2) is 4.98 Å². The Hall–Kier alpha value is -1.96. The Morgan fingerprint density at radius 1 is 1.25 bits per heavy atom. The van der Waals surface area contributed by atoms with Gasteiger partial charge in [-0.2, -0.15) is 0 Å². The first-order valence-corrected chi connectivity index (χ1v) is 6.17. The number of nitrogens with zero attached hydrogens (tertiary/aromatic N) is 1. The van der Waals surface area contributed by atoms with E-state index < -0.39 is 6.36 Å². The van der Waals surface area contributed by atoms with Crippen molar-refractivity contribution in [1.29, 1.82) is 0 Å². The number of halogens is 4. The number of pyridine rings is 1. The molecule has 2 rings (SSSR count). The van der Waals surface area contributed by atoms with Gasteiger partial charge in [-0.05, 0) is 34.1 Å². The molecule has 4 nitrogen and oxygen atoms in total. The van der Waals surface area contributed by atoms with E-state index in [0.29, 0.717) is 16.0 Å². The van der Waals surface area contributed by atoms with Gasteiger partial charge in [0.1, 0.15) is 5.82 Å². The van der Waals surface area contributed by atoms with Crippen LogP contribution in [0.5, 0.6) is 5.75 Å². The number of alkyl halides is 3. The number of anilines is 3. The molecule has 0 unspecified atom stereocenters. The van der Waals surface area contributed by atoms with Gasteiger partial charge in [-0.15, -0.1) is 13.2 Å². The van der Waals surface area contributed by atoms with Crippen molar-refractivity contribution in [1.82, 2.24) is 4.98 Å². The summed E-state index contributed by atoms with van der Waals surface area (Å²) < 4.78 is 41.4. The largest absolute Gasteiger partial charge is 0.573 e. The molecule has 1 aromatic heterocycles. The Balaban J connectivity index is 2.29. The van der Waals surface area contributed by atoms with E-state index in [4.69, 9.17) is 5.73 Å². The number of hydrogen-bond donors (Lipinski definition) is 2. The molecule has 8 heteroatoms. The molecule has 3 N–H and O–H groups in total. The topological polar surface area (TPSA) is 60.2 Å². The number of benzene rings is 1. The van der Waals surface area contributed by atoms with Gasteiger partial charge in [-0.3, -0.25) is 0 Å². The summed E-state index contributed by atoms with van der Waals surface area (Å²) in [6.45, 7) is 0. The highest BCUT2D eigenvalue weighted by molar-refractivity contribution is 9.10. The zero-order valence-electron chi connectivity index (χ0n) is 9.91. The van der Waals surface area contributed by atoms with Gasteiger partial charge in [0.25, 0.3) is 0 Å². The van der Waals surface area contributed by atoms with Crippen LogP contribution in [0.25, 0.3) is 0 Å². The van der Waals surface area contributed by atoms with E-state index >= 15 is 0 Å². The normalized spacial score (nSPS) is 11.2. The van der Waals surface area contributed by atoms with Crippen molar-refractivity contribution in [3.05, 3.63) is 41.0 Å². The van der Waals surface area contributed by atoms with Gasteiger partial charge < -0.3 is 15.8 Å². The minimum absolute atomic E-state index is 0.141. The Kier molecular flexibility index (Phi) is 4.03. The molecule has 0 fully saturated rings. The van der Waals surface area contributed by atoms with Crippen LogP contribution < -0.4 is 15.8 Å². The number of para-hydroxylation sites is 2. The van der Waals surface area contributed by atoms with E-state index in [1.54, 1.807) is 12.1 Å². The van der Waals surface area contributed by atoms with Crippen molar-refractivity contribution in [2.75, 3.05) is 11.1 Å². The Morgan fingerprint density at radius 3 is 2.60 bits per heavy atom. The average Bonchev–Trinajstić information content (AvgIpc) is 2.33. The maximum atomic E-state index is 12.3. The van der Waals surface area contributed by atoms with Gasteiger partial charge in [0.05, 0.1) is 22.0 Å². The SMILES string of the molecule is Nc1cnc(Nc2ccccc2OC(F)(F)F)c(Br)c1. The number of nitrogen functional groups attached to an aromatic ring is 1. The zero-order chi connectivity index (χ0) is 14.8. The van der Waals surface area contributed by atoms with Crippen LogP contribution in [0.4, 0.5) is 30.4 Å². The molecule has 0 spiro atoms. The molecule has 0 aliphatic rings. The highest BCUT2D eigenvalue weighted by Crippen LogP contribution is 2.33. The molecule has 0 bridgehead atoms. The summed E-state index contributed by atoms with van der Waals surface area (Å²) in [5, 5.41) is 2.75. The van der Waals surface area contributed by atoms with Gasteiger partial charge in [0.2, 0.25) is 0 Å². The van der Waals surface area contributed by atoms with E-state index in [1.807, 2.05) is 0 Å². The van der Waals surface area contributed by atoms with Crippen LogP contribution in [0.2, 0.25) is 0 Å². The molecule has 0 atom stereocenters. The van der Waals surface area contributed by atoms with Crippen LogP contribution in [0, 0.1) is 0 Å². The maximum absolute atomic E-state index is 12.3. The van der Waals surface area contributed by atoms with E-state index in [-0.39, 0.29) is 11.4 Å². The second kappa shape index (κ2) is 5.58. The van der Waals surface area contributed by atoms with Crippen LogP contribution in [-0.4, -0.2) is 11.3 Å². The highest BCUT2D eigenvalue weighted by Gasteiger charge is 2.32.